The van der Waals surface area contributed by atoms with Crippen molar-refractivity contribution in [3.05, 3.63) is 53.5 Å². The standard InChI is InChI=1S/C13H13F2NO2/c1-8-5-6-10(17-8)12(7-16)18-11-4-2-3-9(14)13(11)15/h2-6,12H,7,16H2,1H3. The lowest BCUT2D eigenvalue weighted by atomic mass is 10.2. The predicted octanol–water partition coefficient (Wildman–Crippen LogP) is 2.95. The lowest BCUT2D eigenvalue weighted by molar-refractivity contribution is 0.173. The molecule has 3 nitrogen and oxygen atoms in total. The highest BCUT2D eigenvalue weighted by Crippen LogP contribution is 2.26. The van der Waals surface area contributed by atoms with Crippen molar-refractivity contribution >= 4 is 0 Å². The molecule has 0 fully saturated rings. The van der Waals surface area contributed by atoms with Crippen LogP contribution in [0.1, 0.15) is 17.6 Å². The molecule has 1 atom stereocenters. The molecule has 0 aliphatic heterocycles. The molecule has 2 rings (SSSR count). The van der Waals surface area contributed by atoms with Gasteiger partial charge < -0.3 is 14.9 Å². The van der Waals surface area contributed by atoms with Crippen LogP contribution in [0.4, 0.5) is 8.78 Å². The normalized spacial score (nSPS) is 12.4. The Hall–Kier alpha value is -1.88. The monoisotopic (exact) mass is 253 g/mol. The van der Waals surface area contributed by atoms with Gasteiger partial charge in [-0.3, -0.25) is 0 Å². The van der Waals surface area contributed by atoms with Gasteiger partial charge in [0.25, 0.3) is 0 Å². The van der Waals surface area contributed by atoms with E-state index in [0.717, 1.165) is 6.07 Å². The topological polar surface area (TPSA) is 48.4 Å². The number of benzene rings is 1. The second-order valence-electron chi connectivity index (χ2n) is 3.84. The summed E-state index contributed by atoms with van der Waals surface area (Å²) in [5, 5.41) is 0. The predicted molar refractivity (Wildman–Crippen MR) is 62.2 cm³/mol. The highest BCUT2D eigenvalue weighted by Gasteiger charge is 2.18. The molecule has 0 radical (unpaired) electrons. The van der Waals surface area contributed by atoms with Gasteiger partial charge in [0.2, 0.25) is 5.82 Å². The molecule has 0 saturated heterocycles. The van der Waals surface area contributed by atoms with Crippen molar-refractivity contribution in [2.24, 2.45) is 5.73 Å². The van der Waals surface area contributed by atoms with Gasteiger partial charge in [0.1, 0.15) is 11.5 Å². The van der Waals surface area contributed by atoms with Crippen LogP contribution < -0.4 is 10.5 Å². The van der Waals surface area contributed by atoms with Crippen molar-refractivity contribution in [2.75, 3.05) is 6.54 Å². The maximum Gasteiger partial charge on any atom is 0.200 e. The molecule has 5 heteroatoms. The summed E-state index contributed by atoms with van der Waals surface area (Å²) in [6.45, 7) is 1.88. The van der Waals surface area contributed by atoms with E-state index in [2.05, 4.69) is 0 Å². The molecule has 2 aromatic rings. The van der Waals surface area contributed by atoms with Crippen LogP contribution in [0.15, 0.2) is 34.7 Å². The first-order valence-electron chi connectivity index (χ1n) is 5.49. The average Bonchev–Trinajstić information content (AvgIpc) is 2.78. The van der Waals surface area contributed by atoms with Gasteiger partial charge in [-0.2, -0.15) is 4.39 Å². The summed E-state index contributed by atoms with van der Waals surface area (Å²) in [7, 11) is 0. The SMILES string of the molecule is Cc1ccc(C(CN)Oc2cccc(F)c2F)o1. The minimum atomic E-state index is -1.03. The number of hydrogen-bond acceptors (Lipinski definition) is 3. The van der Waals surface area contributed by atoms with Gasteiger partial charge in [-0.05, 0) is 31.2 Å². The molecular weight excluding hydrogens is 240 g/mol. The van der Waals surface area contributed by atoms with Crippen LogP contribution >= 0.6 is 0 Å². The van der Waals surface area contributed by atoms with Crippen LogP contribution in [-0.4, -0.2) is 6.54 Å². The molecule has 0 aliphatic rings. The van der Waals surface area contributed by atoms with Crippen molar-refractivity contribution < 1.29 is 17.9 Å². The molecule has 96 valence electrons. The van der Waals surface area contributed by atoms with E-state index in [1.807, 2.05) is 0 Å². The summed E-state index contributed by atoms with van der Waals surface area (Å²) in [6, 6.07) is 7.19. The molecule has 1 aromatic carbocycles. The first kappa shape index (κ1) is 12.6. The lowest BCUT2D eigenvalue weighted by Gasteiger charge is -2.15. The van der Waals surface area contributed by atoms with Gasteiger partial charge >= 0.3 is 0 Å². The van der Waals surface area contributed by atoms with Crippen molar-refractivity contribution in [1.82, 2.24) is 0 Å². The van der Waals surface area contributed by atoms with Crippen LogP contribution in [0, 0.1) is 18.6 Å². The highest BCUT2D eigenvalue weighted by atomic mass is 19.2. The molecule has 0 saturated carbocycles. The van der Waals surface area contributed by atoms with E-state index in [1.165, 1.54) is 12.1 Å². The third-order valence-corrected chi connectivity index (χ3v) is 2.48. The first-order chi connectivity index (χ1) is 8.61. The fourth-order valence-electron chi connectivity index (χ4n) is 1.58. The number of nitrogens with two attached hydrogens (primary N) is 1. The third-order valence-electron chi connectivity index (χ3n) is 2.48. The Morgan fingerprint density at radius 3 is 2.67 bits per heavy atom. The van der Waals surface area contributed by atoms with Crippen LogP contribution in [0.5, 0.6) is 5.75 Å². The largest absolute Gasteiger partial charge is 0.478 e. The minimum Gasteiger partial charge on any atom is -0.478 e. The Bertz CT molecular complexity index is 540. The molecule has 1 unspecified atom stereocenters. The molecule has 1 heterocycles. The summed E-state index contributed by atoms with van der Waals surface area (Å²) in [4.78, 5) is 0. The van der Waals surface area contributed by atoms with E-state index in [9.17, 15) is 8.78 Å². The number of halogens is 2. The smallest absolute Gasteiger partial charge is 0.200 e. The summed E-state index contributed by atoms with van der Waals surface area (Å²) >= 11 is 0. The van der Waals surface area contributed by atoms with Gasteiger partial charge in [-0.1, -0.05) is 6.07 Å². The van der Waals surface area contributed by atoms with Crippen LogP contribution in [0.25, 0.3) is 0 Å². The summed E-state index contributed by atoms with van der Waals surface area (Å²) < 4.78 is 37.2. The van der Waals surface area contributed by atoms with Gasteiger partial charge in [0, 0.05) is 6.54 Å². The number of hydrogen-bond donors (Lipinski definition) is 1. The third kappa shape index (κ3) is 2.51. The second kappa shape index (κ2) is 5.18. The number of furan rings is 1. The average molecular weight is 253 g/mol. The zero-order valence-corrected chi connectivity index (χ0v) is 9.82. The van der Waals surface area contributed by atoms with E-state index in [0.29, 0.717) is 11.5 Å². The minimum absolute atomic E-state index is 0.100. The molecule has 1 aromatic heterocycles. The van der Waals surface area contributed by atoms with Crippen molar-refractivity contribution in [3.8, 4) is 5.75 Å². The Morgan fingerprint density at radius 1 is 1.28 bits per heavy atom. The van der Waals surface area contributed by atoms with Gasteiger partial charge in [-0.25, -0.2) is 4.39 Å². The van der Waals surface area contributed by atoms with E-state index < -0.39 is 17.7 Å². The molecular formula is C13H13F2NO2. The highest BCUT2D eigenvalue weighted by molar-refractivity contribution is 5.26. The summed E-state index contributed by atoms with van der Waals surface area (Å²) in [6.07, 6.45) is -0.644. The molecule has 0 aliphatic carbocycles. The molecule has 18 heavy (non-hydrogen) atoms. The van der Waals surface area contributed by atoms with Crippen LogP contribution in [-0.2, 0) is 0 Å². The number of ether oxygens (including phenoxy) is 1. The fourth-order valence-corrected chi connectivity index (χ4v) is 1.58. The Kier molecular flexibility index (Phi) is 3.62. The number of rotatable bonds is 4. The second-order valence-corrected chi connectivity index (χ2v) is 3.84. The zero-order valence-electron chi connectivity index (χ0n) is 9.82. The van der Waals surface area contributed by atoms with Crippen molar-refractivity contribution in [1.29, 1.82) is 0 Å². The quantitative estimate of drug-likeness (QED) is 0.911. The van der Waals surface area contributed by atoms with Gasteiger partial charge in [0.15, 0.2) is 17.7 Å². The van der Waals surface area contributed by atoms with Crippen LogP contribution in [0.2, 0.25) is 0 Å². The van der Waals surface area contributed by atoms with Gasteiger partial charge in [0.05, 0.1) is 0 Å². The van der Waals surface area contributed by atoms with Crippen molar-refractivity contribution in [3.63, 3.8) is 0 Å². The van der Waals surface area contributed by atoms with E-state index in [4.69, 9.17) is 14.9 Å². The summed E-state index contributed by atoms with van der Waals surface area (Å²) in [5.41, 5.74) is 5.55. The van der Waals surface area contributed by atoms with E-state index in [1.54, 1.807) is 19.1 Å². The first-order valence-corrected chi connectivity index (χ1v) is 5.49. The Morgan fingerprint density at radius 2 is 2.06 bits per heavy atom. The molecule has 2 N–H and O–H groups in total. The van der Waals surface area contributed by atoms with Crippen LogP contribution in [0.3, 0.4) is 0 Å². The fraction of sp³-hybridized carbons (Fsp3) is 0.231. The number of aryl methyl sites for hydroxylation is 1. The maximum atomic E-state index is 13.4. The van der Waals surface area contributed by atoms with E-state index >= 15 is 0 Å². The lowest BCUT2D eigenvalue weighted by Crippen LogP contribution is -2.18. The Balaban J connectivity index is 2.23. The maximum absolute atomic E-state index is 13.4. The Labute approximate surface area is 103 Å². The van der Waals surface area contributed by atoms with Crippen molar-refractivity contribution in [2.45, 2.75) is 13.0 Å². The molecule has 0 spiro atoms. The zero-order chi connectivity index (χ0) is 13.1. The molecule has 0 amide bonds. The molecule has 0 bridgehead atoms. The summed E-state index contributed by atoms with van der Waals surface area (Å²) in [5.74, 6) is -0.983. The van der Waals surface area contributed by atoms with Gasteiger partial charge in [-0.15, -0.1) is 0 Å². The van der Waals surface area contributed by atoms with E-state index in [-0.39, 0.29) is 12.3 Å².